The molecule has 0 saturated carbocycles. The van der Waals surface area contributed by atoms with E-state index in [0.29, 0.717) is 0 Å². The number of nitrogens with two attached hydrogens (primary N) is 2. The average molecular weight is 184 g/mol. The minimum Gasteiger partial charge on any atom is -0.370 e. The van der Waals surface area contributed by atoms with E-state index in [1.165, 1.54) is 0 Å². The van der Waals surface area contributed by atoms with Crippen LogP contribution < -0.4 is 11.5 Å². The number of carbonyl (C=O) groups excluding carboxylic acids is 1. The van der Waals surface area contributed by atoms with Crippen LogP contribution in [0.1, 0.15) is 6.42 Å². The van der Waals surface area contributed by atoms with E-state index in [4.69, 9.17) is 11.5 Å². The van der Waals surface area contributed by atoms with E-state index < -0.39 is 20.0 Å². The Labute approximate surface area is 74.5 Å². The van der Waals surface area contributed by atoms with Crippen LogP contribution >= 0.6 is 0 Å². The first-order valence-electron chi connectivity index (χ1n) is 3.88. The molecule has 0 aliphatic heterocycles. The van der Waals surface area contributed by atoms with Gasteiger partial charge in [-0.2, -0.15) is 0 Å². The van der Waals surface area contributed by atoms with Crippen LogP contribution in [0.25, 0.3) is 0 Å². The van der Waals surface area contributed by atoms with Gasteiger partial charge in [0.1, 0.15) is 8.07 Å². The first-order valence-corrected chi connectivity index (χ1v) is 7.38. The maximum atomic E-state index is 10.4. The first kappa shape index (κ1) is 11.2. The van der Waals surface area contributed by atoms with E-state index in [9.17, 15) is 4.79 Å². The van der Waals surface area contributed by atoms with Gasteiger partial charge in [0.15, 0.2) is 0 Å². The molecule has 0 saturated heterocycles. The van der Waals surface area contributed by atoms with Gasteiger partial charge in [-0.3, -0.25) is 4.79 Å². The van der Waals surface area contributed by atoms with Crippen LogP contribution in [-0.2, 0) is 4.79 Å². The van der Waals surface area contributed by atoms with Crippen molar-refractivity contribution in [2.24, 2.45) is 11.5 Å². The van der Waals surface area contributed by atoms with Crippen LogP contribution in [0, 0.1) is 11.5 Å². The summed E-state index contributed by atoms with van der Waals surface area (Å²) in [6.45, 7) is 6.37. The Bertz CT molecular complexity index is 221. The molecule has 0 aromatic heterocycles. The molecule has 0 heterocycles. The van der Waals surface area contributed by atoms with Gasteiger partial charge in [0.25, 0.3) is 0 Å². The molecule has 0 fully saturated rings. The fraction of sp³-hybridized carbons (Fsp3) is 0.625. The molecular weight excluding hydrogens is 168 g/mol. The quantitative estimate of drug-likeness (QED) is 0.471. The van der Waals surface area contributed by atoms with Gasteiger partial charge >= 0.3 is 0 Å². The molecule has 0 aliphatic rings. The number of hydrogen-bond donors (Lipinski definition) is 2. The SMILES string of the molecule is C[Si](C)(C)C#CC(N)CC(N)=O. The Hall–Kier alpha value is -0.793. The Morgan fingerprint density at radius 1 is 1.50 bits per heavy atom. The molecule has 1 unspecified atom stereocenters. The molecule has 0 rings (SSSR count). The van der Waals surface area contributed by atoms with Crippen molar-refractivity contribution in [3.63, 3.8) is 0 Å². The highest BCUT2D eigenvalue weighted by atomic mass is 28.3. The highest BCUT2D eigenvalue weighted by Gasteiger charge is 2.09. The van der Waals surface area contributed by atoms with Crippen molar-refractivity contribution in [1.82, 2.24) is 0 Å². The second-order valence-electron chi connectivity index (χ2n) is 3.80. The van der Waals surface area contributed by atoms with Gasteiger partial charge in [0.05, 0.1) is 12.5 Å². The van der Waals surface area contributed by atoms with Crippen LogP contribution in [0.3, 0.4) is 0 Å². The van der Waals surface area contributed by atoms with Gasteiger partial charge in [0, 0.05) is 0 Å². The smallest absolute Gasteiger partial charge is 0.219 e. The van der Waals surface area contributed by atoms with Gasteiger partial charge in [-0.1, -0.05) is 25.6 Å². The monoisotopic (exact) mass is 184 g/mol. The highest BCUT2D eigenvalue weighted by Crippen LogP contribution is 1.96. The fourth-order valence-electron chi connectivity index (χ4n) is 0.577. The second-order valence-corrected chi connectivity index (χ2v) is 8.55. The zero-order valence-electron chi connectivity index (χ0n) is 7.85. The number of amides is 1. The summed E-state index contributed by atoms with van der Waals surface area (Å²) in [4.78, 5) is 10.4. The van der Waals surface area contributed by atoms with E-state index in [1.54, 1.807) is 0 Å². The number of primary amides is 1. The predicted octanol–water partition coefficient (Wildman–Crippen LogP) is 0.0699. The summed E-state index contributed by atoms with van der Waals surface area (Å²) in [6, 6.07) is -0.394. The van der Waals surface area contributed by atoms with Crippen molar-refractivity contribution in [2.75, 3.05) is 0 Å². The highest BCUT2D eigenvalue weighted by molar-refractivity contribution is 6.83. The molecule has 68 valence electrons. The van der Waals surface area contributed by atoms with Crippen LogP contribution in [0.4, 0.5) is 0 Å². The summed E-state index contributed by atoms with van der Waals surface area (Å²) in [7, 11) is -1.36. The third kappa shape index (κ3) is 7.32. The molecule has 1 amide bonds. The topological polar surface area (TPSA) is 69.1 Å². The number of carbonyl (C=O) groups is 1. The molecule has 0 aromatic rings. The zero-order valence-corrected chi connectivity index (χ0v) is 8.85. The van der Waals surface area contributed by atoms with Crippen molar-refractivity contribution < 1.29 is 4.79 Å². The number of rotatable bonds is 2. The van der Waals surface area contributed by atoms with Crippen molar-refractivity contribution in [1.29, 1.82) is 0 Å². The van der Waals surface area contributed by atoms with Crippen LogP contribution in [-0.4, -0.2) is 20.0 Å². The first-order chi connectivity index (χ1) is 5.31. The lowest BCUT2D eigenvalue weighted by atomic mass is 10.2. The molecule has 4 heteroatoms. The summed E-state index contributed by atoms with van der Waals surface area (Å²) in [5.41, 5.74) is 13.6. The lowest BCUT2D eigenvalue weighted by Crippen LogP contribution is -2.27. The van der Waals surface area contributed by atoms with Gasteiger partial charge in [-0.05, 0) is 0 Å². The van der Waals surface area contributed by atoms with Gasteiger partial charge < -0.3 is 11.5 Å². The Morgan fingerprint density at radius 3 is 2.33 bits per heavy atom. The van der Waals surface area contributed by atoms with E-state index in [2.05, 4.69) is 31.1 Å². The molecule has 0 spiro atoms. The van der Waals surface area contributed by atoms with Crippen LogP contribution in [0.15, 0.2) is 0 Å². The van der Waals surface area contributed by atoms with Crippen molar-refractivity contribution in [3.8, 4) is 11.5 Å². The van der Waals surface area contributed by atoms with Crippen molar-refractivity contribution in [2.45, 2.75) is 32.1 Å². The summed E-state index contributed by atoms with van der Waals surface area (Å²) in [5.74, 6) is 2.45. The van der Waals surface area contributed by atoms with Gasteiger partial charge in [-0.25, -0.2) is 0 Å². The summed E-state index contributed by atoms with van der Waals surface area (Å²) in [6.07, 6.45) is 0.150. The zero-order chi connectivity index (χ0) is 9.78. The molecule has 0 bridgehead atoms. The molecule has 3 nitrogen and oxygen atoms in total. The largest absolute Gasteiger partial charge is 0.370 e. The maximum absolute atomic E-state index is 10.4. The predicted molar refractivity (Wildman–Crippen MR) is 52.9 cm³/mol. The van der Waals surface area contributed by atoms with E-state index in [-0.39, 0.29) is 6.42 Å². The summed E-state index contributed by atoms with van der Waals surface area (Å²) < 4.78 is 0. The second kappa shape index (κ2) is 4.29. The molecule has 12 heavy (non-hydrogen) atoms. The van der Waals surface area contributed by atoms with Crippen LogP contribution in [0.5, 0.6) is 0 Å². The maximum Gasteiger partial charge on any atom is 0.219 e. The molecule has 0 aromatic carbocycles. The lowest BCUT2D eigenvalue weighted by molar-refractivity contribution is -0.118. The molecular formula is C8H16N2OSi. The Balaban J connectivity index is 4.04. The Kier molecular flexibility index (Phi) is 4.00. The normalized spacial score (nSPS) is 13.0. The van der Waals surface area contributed by atoms with E-state index in [0.717, 1.165) is 0 Å². The van der Waals surface area contributed by atoms with Gasteiger partial charge in [-0.15, -0.1) is 5.54 Å². The number of hydrogen-bond acceptors (Lipinski definition) is 2. The molecule has 0 radical (unpaired) electrons. The third-order valence-corrected chi connectivity index (χ3v) is 1.95. The summed E-state index contributed by atoms with van der Waals surface area (Å²) in [5, 5.41) is 0. The fourth-order valence-corrected chi connectivity index (χ4v) is 1.20. The third-order valence-electron chi connectivity index (χ3n) is 1.05. The Morgan fingerprint density at radius 2 is 2.00 bits per heavy atom. The van der Waals surface area contributed by atoms with Crippen molar-refractivity contribution >= 4 is 14.0 Å². The van der Waals surface area contributed by atoms with E-state index in [1.807, 2.05) is 0 Å². The molecule has 0 aliphatic carbocycles. The summed E-state index contributed by atoms with van der Waals surface area (Å²) >= 11 is 0. The van der Waals surface area contributed by atoms with Gasteiger partial charge in [0.2, 0.25) is 5.91 Å². The molecule has 4 N–H and O–H groups in total. The standard InChI is InChI=1S/C8H16N2OSi/c1-12(2,3)5-4-7(9)6-8(10)11/h7H,6,9H2,1-3H3,(H2,10,11). The minimum atomic E-state index is -1.36. The minimum absolute atomic E-state index is 0.150. The van der Waals surface area contributed by atoms with E-state index >= 15 is 0 Å². The average Bonchev–Trinajstić information content (AvgIpc) is 1.80. The van der Waals surface area contributed by atoms with Crippen molar-refractivity contribution in [3.05, 3.63) is 0 Å². The lowest BCUT2D eigenvalue weighted by Gasteiger charge is -2.05. The van der Waals surface area contributed by atoms with Crippen LogP contribution in [0.2, 0.25) is 19.6 Å². The molecule has 1 atom stereocenters.